The molecule has 0 aromatic heterocycles. The normalized spacial score (nSPS) is 21.0. The molecule has 2 fully saturated rings. The van der Waals surface area contributed by atoms with Crippen LogP contribution in [0.1, 0.15) is 38.5 Å². The van der Waals surface area contributed by atoms with Gasteiger partial charge >= 0.3 is 0 Å². The first-order chi connectivity index (χ1) is 10.7. The third-order valence-corrected chi connectivity index (χ3v) is 5.21. The molecule has 1 spiro atoms. The second-order valence-electron chi connectivity index (χ2n) is 6.55. The molecule has 0 radical (unpaired) electrons. The molecule has 2 aliphatic rings. The highest BCUT2D eigenvalue weighted by Gasteiger charge is 2.52. The standard InChI is InChI=1S/C19H19NO2/c21-17-13-19(11-4-1-5-12-19)18(22)20(17)16-10-6-8-14-7-2-3-9-15(14)16/h2-3,6-10H,1,4-5,11-13H2. The van der Waals surface area contributed by atoms with Gasteiger partial charge < -0.3 is 0 Å². The van der Waals surface area contributed by atoms with Crippen molar-refractivity contribution in [3.8, 4) is 0 Å². The predicted octanol–water partition coefficient (Wildman–Crippen LogP) is 4.05. The van der Waals surface area contributed by atoms with E-state index in [2.05, 4.69) is 0 Å². The van der Waals surface area contributed by atoms with E-state index in [-0.39, 0.29) is 11.8 Å². The van der Waals surface area contributed by atoms with Gasteiger partial charge in [-0.3, -0.25) is 9.59 Å². The minimum atomic E-state index is -0.424. The van der Waals surface area contributed by atoms with Crippen molar-refractivity contribution in [2.75, 3.05) is 4.90 Å². The van der Waals surface area contributed by atoms with Gasteiger partial charge in [0.05, 0.1) is 11.1 Å². The van der Waals surface area contributed by atoms with Crippen LogP contribution in [-0.2, 0) is 9.59 Å². The number of carbonyl (C=O) groups excluding carboxylic acids is 2. The molecule has 3 heteroatoms. The first kappa shape index (κ1) is 13.5. The lowest BCUT2D eigenvalue weighted by molar-refractivity contribution is -0.127. The van der Waals surface area contributed by atoms with Gasteiger partial charge in [0.15, 0.2) is 0 Å². The second kappa shape index (κ2) is 4.94. The van der Waals surface area contributed by atoms with Gasteiger partial charge in [0.25, 0.3) is 0 Å². The SMILES string of the molecule is O=C1CC2(CCCCC2)C(=O)N1c1cccc2ccccc12. The summed E-state index contributed by atoms with van der Waals surface area (Å²) in [4.78, 5) is 27.1. The molecule has 4 rings (SSSR count). The number of imide groups is 1. The van der Waals surface area contributed by atoms with Crippen LogP contribution in [0.3, 0.4) is 0 Å². The fraction of sp³-hybridized carbons (Fsp3) is 0.368. The fourth-order valence-electron chi connectivity index (χ4n) is 4.06. The quantitative estimate of drug-likeness (QED) is 0.744. The van der Waals surface area contributed by atoms with Crippen molar-refractivity contribution in [2.45, 2.75) is 38.5 Å². The molecular formula is C19H19NO2. The maximum absolute atomic E-state index is 13.0. The minimum Gasteiger partial charge on any atom is -0.274 e. The Bertz CT molecular complexity index is 754. The number of amides is 2. The number of anilines is 1. The Labute approximate surface area is 129 Å². The van der Waals surface area contributed by atoms with Crippen molar-refractivity contribution >= 4 is 28.3 Å². The summed E-state index contributed by atoms with van der Waals surface area (Å²) in [6.45, 7) is 0. The van der Waals surface area contributed by atoms with E-state index in [1.807, 2.05) is 42.5 Å². The van der Waals surface area contributed by atoms with Gasteiger partial charge in [-0.2, -0.15) is 0 Å². The van der Waals surface area contributed by atoms with E-state index in [0.29, 0.717) is 6.42 Å². The Morgan fingerprint density at radius 2 is 1.59 bits per heavy atom. The molecular weight excluding hydrogens is 274 g/mol. The summed E-state index contributed by atoms with van der Waals surface area (Å²) < 4.78 is 0. The van der Waals surface area contributed by atoms with Crippen LogP contribution in [0.15, 0.2) is 42.5 Å². The van der Waals surface area contributed by atoms with Crippen molar-refractivity contribution in [2.24, 2.45) is 5.41 Å². The Balaban J connectivity index is 1.81. The summed E-state index contributed by atoms with van der Waals surface area (Å²) in [5, 5.41) is 2.03. The van der Waals surface area contributed by atoms with Crippen molar-refractivity contribution in [1.82, 2.24) is 0 Å². The van der Waals surface area contributed by atoms with Gasteiger partial charge in [-0.25, -0.2) is 4.90 Å². The molecule has 1 aliphatic heterocycles. The van der Waals surface area contributed by atoms with Crippen LogP contribution in [0.25, 0.3) is 10.8 Å². The third kappa shape index (κ3) is 1.88. The lowest BCUT2D eigenvalue weighted by Gasteiger charge is -2.30. The molecule has 1 heterocycles. The highest BCUT2D eigenvalue weighted by molar-refractivity contribution is 6.25. The largest absolute Gasteiger partial charge is 0.274 e. The van der Waals surface area contributed by atoms with Crippen LogP contribution in [0.4, 0.5) is 5.69 Å². The Morgan fingerprint density at radius 1 is 0.864 bits per heavy atom. The molecule has 2 amide bonds. The fourth-order valence-corrected chi connectivity index (χ4v) is 4.06. The van der Waals surface area contributed by atoms with E-state index in [1.54, 1.807) is 0 Å². The van der Waals surface area contributed by atoms with E-state index in [1.165, 1.54) is 11.3 Å². The number of rotatable bonds is 1. The number of hydrogen-bond acceptors (Lipinski definition) is 2. The van der Waals surface area contributed by atoms with Crippen LogP contribution in [-0.4, -0.2) is 11.8 Å². The lowest BCUT2D eigenvalue weighted by atomic mass is 9.73. The van der Waals surface area contributed by atoms with Crippen LogP contribution >= 0.6 is 0 Å². The molecule has 112 valence electrons. The van der Waals surface area contributed by atoms with E-state index in [9.17, 15) is 9.59 Å². The molecule has 22 heavy (non-hydrogen) atoms. The van der Waals surface area contributed by atoms with Gasteiger partial charge in [0.2, 0.25) is 11.8 Å². The molecule has 0 atom stereocenters. The van der Waals surface area contributed by atoms with Crippen LogP contribution in [0.2, 0.25) is 0 Å². The van der Waals surface area contributed by atoms with Crippen molar-refractivity contribution in [3.05, 3.63) is 42.5 Å². The Morgan fingerprint density at radius 3 is 2.41 bits per heavy atom. The number of benzene rings is 2. The summed E-state index contributed by atoms with van der Waals surface area (Å²) in [5.74, 6) is -0.0168. The predicted molar refractivity (Wildman–Crippen MR) is 86.6 cm³/mol. The van der Waals surface area contributed by atoms with E-state index in [4.69, 9.17) is 0 Å². The molecule has 2 aromatic carbocycles. The van der Waals surface area contributed by atoms with E-state index in [0.717, 1.165) is 42.1 Å². The summed E-state index contributed by atoms with van der Waals surface area (Å²) in [6.07, 6.45) is 5.40. The summed E-state index contributed by atoms with van der Waals surface area (Å²) in [5.41, 5.74) is 0.322. The zero-order valence-corrected chi connectivity index (χ0v) is 12.5. The Kier molecular flexibility index (Phi) is 3.03. The van der Waals surface area contributed by atoms with E-state index < -0.39 is 5.41 Å². The Hall–Kier alpha value is -2.16. The smallest absolute Gasteiger partial charge is 0.240 e. The number of hydrogen-bond donors (Lipinski definition) is 0. The van der Waals surface area contributed by atoms with Crippen molar-refractivity contribution in [3.63, 3.8) is 0 Å². The van der Waals surface area contributed by atoms with Crippen molar-refractivity contribution < 1.29 is 9.59 Å². The van der Waals surface area contributed by atoms with Gasteiger partial charge in [-0.1, -0.05) is 55.7 Å². The molecule has 0 bridgehead atoms. The first-order valence-corrected chi connectivity index (χ1v) is 8.06. The summed E-state index contributed by atoms with van der Waals surface area (Å²) in [7, 11) is 0. The van der Waals surface area contributed by atoms with E-state index >= 15 is 0 Å². The molecule has 0 unspecified atom stereocenters. The minimum absolute atomic E-state index is 0.0218. The maximum Gasteiger partial charge on any atom is 0.240 e. The maximum atomic E-state index is 13.0. The highest BCUT2D eigenvalue weighted by atomic mass is 16.2. The van der Waals surface area contributed by atoms with Crippen LogP contribution in [0, 0.1) is 5.41 Å². The van der Waals surface area contributed by atoms with Gasteiger partial charge in [0, 0.05) is 11.8 Å². The summed E-state index contributed by atoms with van der Waals surface area (Å²) in [6, 6.07) is 13.7. The zero-order valence-electron chi connectivity index (χ0n) is 12.5. The average Bonchev–Trinajstić information content (AvgIpc) is 2.78. The highest BCUT2D eigenvalue weighted by Crippen LogP contribution is 2.47. The van der Waals surface area contributed by atoms with Gasteiger partial charge in [-0.05, 0) is 24.3 Å². The second-order valence-corrected chi connectivity index (χ2v) is 6.55. The topological polar surface area (TPSA) is 37.4 Å². The number of fused-ring (bicyclic) bond motifs is 1. The van der Waals surface area contributed by atoms with Crippen molar-refractivity contribution in [1.29, 1.82) is 0 Å². The summed E-state index contributed by atoms with van der Waals surface area (Å²) >= 11 is 0. The zero-order chi connectivity index (χ0) is 15.2. The van der Waals surface area contributed by atoms with Gasteiger partial charge in [-0.15, -0.1) is 0 Å². The molecule has 0 N–H and O–H groups in total. The van der Waals surface area contributed by atoms with Gasteiger partial charge in [0.1, 0.15) is 0 Å². The molecule has 3 nitrogen and oxygen atoms in total. The third-order valence-electron chi connectivity index (χ3n) is 5.21. The lowest BCUT2D eigenvalue weighted by Crippen LogP contribution is -2.37. The molecule has 1 aliphatic carbocycles. The van der Waals surface area contributed by atoms with Crippen LogP contribution < -0.4 is 4.90 Å². The molecule has 1 saturated heterocycles. The number of nitrogens with zero attached hydrogens (tertiary/aromatic N) is 1. The molecule has 2 aromatic rings. The first-order valence-electron chi connectivity index (χ1n) is 8.06. The monoisotopic (exact) mass is 293 g/mol. The molecule has 1 saturated carbocycles. The average molecular weight is 293 g/mol. The van der Waals surface area contributed by atoms with Crippen LogP contribution in [0.5, 0.6) is 0 Å². The number of carbonyl (C=O) groups is 2.